The number of aromatic nitrogens is 1. The molecule has 0 spiro atoms. The fourth-order valence-electron chi connectivity index (χ4n) is 5.81. The highest BCUT2D eigenvalue weighted by Crippen LogP contribution is 2.45. The van der Waals surface area contributed by atoms with Crippen LogP contribution in [0.2, 0.25) is 0 Å². The minimum absolute atomic E-state index is 0.897. The molecule has 34 heavy (non-hydrogen) atoms. The van der Waals surface area contributed by atoms with Crippen LogP contribution in [0.3, 0.4) is 0 Å². The molecular weight excluding hydrogens is 438 g/mol. The summed E-state index contributed by atoms with van der Waals surface area (Å²) >= 11 is 1.85. The van der Waals surface area contributed by atoms with Crippen LogP contribution in [0.15, 0.2) is 99.8 Å². The molecule has 0 saturated carbocycles. The van der Waals surface area contributed by atoms with Crippen LogP contribution in [0.25, 0.3) is 80.8 Å². The lowest BCUT2D eigenvalue weighted by molar-refractivity contribution is 0.663. The molecule has 158 valence electrons. The second kappa shape index (κ2) is 5.79. The first-order chi connectivity index (χ1) is 16.8. The smallest absolute Gasteiger partial charge is 0.137 e. The molecular formula is C30H15NO2S. The summed E-state index contributed by atoms with van der Waals surface area (Å²) in [4.78, 5) is 0. The Kier molecular flexibility index (Phi) is 2.94. The van der Waals surface area contributed by atoms with Crippen LogP contribution in [0.4, 0.5) is 0 Å². The Morgan fingerprint density at radius 1 is 0.500 bits per heavy atom. The van der Waals surface area contributed by atoms with Crippen molar-refractivity contribution in [3.63, 3.8) is 0 Å². The average Bonchev–Trinajstić information content (AvgIpc) is 3.52. The summed E-state index contributed by atoms with van der Waals surface area (Å²) in [6, 6.07) is 32.2. The van der Waals surface area contributed by atoms with Gasteiger partial charge in [-0.05, 0) is 60.7 Å². The Balaban J connectivity index is 1.58. The van der Waals surface area contributed by atoms with Gasteiger partial charge < -0.3 is 13.4 Å². The summed E-state index contributed by atoms with van der Waals surface area (Å²) in [6.07, 6.45) is 0. The quantitative estimate of drug-likeness (QED) is 0.248. The third-order valence-electron chi connectivity index (χ3n) is 7.18. The van der Waals surface area contributed by atoms with E-state index in [4.69, 9.17) is 8.83 Å². The van der Waals surface area contributed by atoms with Crippen molar-refractivity contribution in [2.75, 3.05) is 0 Å². The molecule has 0 fully saturated rings. The van der Waals surface area contributed by atoms with Crippen LogP contribution >= 0.6 is 11.3 Å². The van der Waals surface area contributed by atoms with Crippen LogP contribution in [-0.2, 0) is 0 Å². The van der Waals surface area contributed by atoms with Crippen molar-refractivity contribution in [2.45, 2.75) is 0 Å². The van der Waals surface area contributed by atoms with Crippen LogP contribution in [-0.4, -0.2) is 4.57 Å². The lowest BCUT2D eigenvalue weighted by atomic mass is 10.1. The summed E-state index contributed by atoms with van der Waals surface area (Å²) in [6.45, 7) is 0. The van der Waals surface area contributed by atoms with Crippen molar-refractivity contribution in [3.05, 3.63) is 91.0 Å². The number of thiophene rings is 1. The van der Waals surface area contributed by atoms with Crippen molar-refractivity contribution in [2.24, 2.45) is 0 Å². The van der Waals surface area contributed by atoms with E-state index in [1.54, 1.807) is 0 Å². The Morgan fingerprint density at radius 2 is 1.12 bits per heavy atom. The Hall–Kier alpha value is -4.28. The molecule has 0 amide bonds. The maximum Gasteiger partial charge on any atom is 0.137 e. The number of rotatable bonds is 1. The average molecular weight is 454 g/mol. The zero-order valence-electron chi connectivity index (χ0n) is 17.8. The summed E-state index contributed by atoms with van der Waals surface area (Å²) in [7, 11) is 0. The Bertz CT molecular complexity index is 2140. The minimum atomic E-state index is 0.897. The Labute approximate surface area is 196 Å². The van der Waals surface area contributed by atoms with E-state index < -0.39 is 0 Å². The summed E-state index contributed by atoms with van der Waals surface area (Å²) in [5, 5.41) is 7.14. The molecule has 4 heterocycles. The van der Waals surface area contributed by atoms with Crippen molar-refractivity contribution in [1.29, 1.82) is 0 Å². The first-order valence-electron chi connectivity index (χ1n) is 11.4. The van der Waals surface area contributed by atoms with Gasteiger partial charge in [-0.1, -0.05) is 30.3 Å². The zero-order valence-corrected chi connectivity index (χ0v) is 18.6. The molecule has 0 aliphatic rings. The number of benzene rings is 5. The van der Waals surface area contributed by atoms with Crippen molar-refractivity contribution in [1.82, 2.24) is 4.57 Å². The lowest BCUT2D eigenvalue weighted by Gasteiger charge is -2.12. The van der Waals surface area contributed by atoms with Gasteiger partial charge in [-0.2, -0.15) is 0 Å². The monoisotopic (exact) mass is 453 g/mol. The highest BCUT2D eigenvalue weighted by molar-refractivity contribution is 7.25. The van der Waals surface area contributed by atoms with Gasteiger partial charge in [0.1, 0.15) is 22.3 Å². The molecule has 0 saturated heterocycles. The van der Waals surface area contributed by atoms with E-state index in [0.717, 1.165) is 60.6 Å². The van der Waals surface area contributed by atoms with Crippen LogP contribution < -0.4 is 0 Å². The standard InChI is InChI=1S/C30H15NO2S/c1-2-10-25-17(5-1)18-15-16(11-14-26(18)34-25)31-19-6-3-8-21-27(19)29-23(32-21)12-13-24-30(29)28-20(31)7-4-9-22(28)33-24/h1-15H. The van der Waals surface area contributed by atoms with E-state index in [-0.39, 0.29) is 0 Å². The number of nitrogens with zero attached hydrogens (tertiary/aromatic N) is 1. The van der Waals surface area contributed by atoms with E-state index >= 15 is 0 Å². The van der Waals surface area contributed by atoms with E-state index in [0.29, 0.717) is 0 Å². The maximum atomic E-state index is 6.32. The van der Waals surface area contributed by atoms with E-state index in [1.165, 1.54) is 20.2 Å². The highest BCUT2D eigenvalue weighted by Gasteiger charge is 2.23. The van der Waals surface area contributed by atoms with Crippen LogP contribution in [0, 0.1) is 0 Å². The van der Waals surface area contributed by atoms with Crippen LogP contribution in [0.1, 0.15) is 0 Å². The molecule has 4 aromatic heterocycles. The maximum absolute atomic E-state index is 6.32. The lowest BCUT2D eigenvalue weighted by Crippen LogP contribution is -1.96. The highest BCUT2D eigenvalue weighted by atomic mass is 32.1. The molecule has 0 unspecified atom stereocenters. The number of fused-ring (bicyclic) bond motifs is 3. The van der Waals surface area contributed by atoms with Gasteiger partial charge in [0.15, 0.2) is 0 Å². The molecule has 0 aliphatic carbocycles. The molecule has 9 rings (SSSR count). The molecule has 9 aromatic rings. The number of hydrogen-bond acceptors (Lipinski definition) is 3. The van der Waals surface area contributed by atoms with E-state index in [2.05, 4.69) is 83.4 Å². The molecule has 0 bridgehead atoms. The minimum Gasteiger partial charge on any atom is -0.456 e. The van der Waals surface area contributed by atoms with Gasteiger partial charge in [-0.15, -0.1) is 11.3 Å². The van der Waals surface area contributed by atoms with Crippen LogP contribution in [0.5, 0.6) is 0 Å². The second-order valence-corrected chi connectivity index (χ2v) is 10.0. The number of furan rings is 2. The fourth-order valence-corrected chi connectivity index (χ4v) is 6.90. The Morgan fingerprint density at radius 3 is 1.82 bits per heavy atom. The van der Waals surface area contributed by atoms with Gasteiger partial charge in [-0.25, -0.2) is 0 Å². The molecule has 0 atom stereocenters. The van der Waals surface area contributed by atoms with Gasteiger partial charge in [0.2, 0.25) is 0 Å². The normalized spacial score (nSPS) is 12.7. The van der Waals surface area contributed by atoms with Crippen molar-refractivity contribution < 1.29 is 8.83 Å². The zero-order chi connectivity index (χ0) is 22.0. The third kappa shape index (κ3) is 1.95. The summed E-state index contributed by atoms with van der Waals surface area (Å²) < 4.78 is 17.6. The molecule has 3 nitrogen and oxygen atoms in total. The molecule has 0 radical (unpaired) electrons. The van der Waals surface area contributed by atoms with Gasteiger partial charge >= 0.3 is 0 Å². The van der Waals surface area contributed by atoms with Gasteiger partial charge in [0.05, 0.1) is 21.8 Å². The van der Waals surface area contributed by atoms with Gasteiger partial charge in [-0.3, -0.25) is 0 Å². The van der Waals surface area contributed by atoms with Gasteiger partial charge in [0, 0.05) is 36.6 Å². The largest absolute Gasteiger partial charge is 0.456 e. The first-order valence-corrected chi connectivity index (χ1v) is 12.2. The first kappa shape index (κ1) is 17.2. The third-order valence-corrected chi connectivity index (χ3v) is 8.33. The summed E-state index contributed by atoms with van der Waals surface area (Å²) in [5.41, 5.74) is 6.98. The fraction of sp³-hybridized carbons (Fsp3) is 0. The molecule has 0 aliphatic heterocycles. The van der Waals surface area contributed by atoms with E-state index in [9.17, 15) is 0 Å². The second-order valence-electron chi connectivity index (χ2n) is 8.93. The summed E-state index contributed by atoms with van der Waals surface area (Å²) in [5.74, 6) is 0. The van der Waals surface area contributed by atoms with E-state index in [1.807, 2.05) is 23.5 Å². The number of hydrogen-bond donors (Lipinski definition) is 0. The topological polar surface area (TPSA) is 31.2 Å². The molecule has 4 heteroatoms. The van der Waals surface area contributed by atoms with Crippen molar-refractivity contribution in [3.8, 4) is 5.69 Å². The SMILES string of the molecule is c1ccc2c(c1)sc1ccc(-n3c4cccc5oc6ccc7oc8cccc3c8c7c6c54)cc12. The molecule has 0 N–H and O–H groups in total. The van der Waals surface area contributed by atoms with Gasteiger partial charge in [0.25, 0.3) is 0 Å². The molecule has 5 aromatic carbocycles. The van der Waals surface area contributed by atoms with Crippen molar-refractivity contribution >= 4 is 86.4 Å². The predicted molar refractivity (Wildman–Crippen MR) is 142 cm³/mol. The predicted octanol–water partition coefficient (Wildman–Crippen LogP) is 9.23.